The first-order valence-corrected chi connectivity index (χ1v) is 8.47. The predicted octanol–water partition coefficient (Wildman–Crippen LogP) is 2.22. The number of hydrogen-bond acceptors (Lipinski definition) is 4. The molecule has 0 radical (unpaired) electrons. The average molecular weight is 303 g/mol. The monoisotopic (exact) mass is 303 g/mol. The molecule has 1 fully saturated rings. The molecule has 1 aromatic rings. The third kappa shape index (κ3) is 2.98. The van der Waals surface area contributed by atoms with Crippen LogP contribution in [0.3, 0.4) is 0 Å². The van der Waals surface area contributed by atoms with Crippen molar-refractivity contribution in [2.75, 3.05) is 0 Å². The summed E-state index contributed by atoms with van der Waals surface area (Å²) in [6.45, 7) is 3.47. The third-order valence-electron chi connectivity index (χ3n) is 3.55. The van der Waals surface area contributed by atoms with Gasteiger partial charge in [-0.2, -0.15) is 0 Å². The number of sulfonamides is 1. The van der Waals surface area contributed by atoms with Crippen LogP contribution in [0.1, 0.15) is 41.4 Å². The van der Waals surface area contributed by atoms with Crippen LogP contribution >= 0.6 is 11.3 Å². The van der Waals surface area contributed by atoms with Crippen LogP contribution in [0.4, 0.5) is 0 Å². The topological polar surface area (TPSA) is 83.5 Å². The molecule has 106 valence electrons. The molecular weight excluding hydrogens is 286 g/mol. The maximum atomic E-state index is 12.2. The van der Waals surface area contributed by atoms with Crippen molar-refractivity contribution in [2.45, 2.75) is 43.4 Å². The van der Waals surface area contributed by atoms with E-state index < -0.39 is 16.0 Å². The average Bonchev–Trinajstić information content (AvgIpc) is 2.57. The maximum absolute atomic E-state index is 12.2. The van der Waals surface area contributed by atoms with Crippen molar-refractivity contribution < 1.29 is 18.3 Å². The lowest BCUT2D eigenvalue weighted by Gasteiger charge is -2.31. The van der Waals surface area contributed by atoms with Crippen LogP contribution in [0.2, 0.25) is 0 Å². The van der Waals surface area contributed by atoms with E-state index in [0.29, 0.717) is 11.5 Å². The Morgan fingerprint density at radius 2 is 2.16 bits per heavy atom. The zero-order valence-electron chi connectivity index (χ0n) is 10.8. The quantitative estimate of drug-likeness (QED) is 0.873. The fourth-order valence-corrected chi connectivity index (χ4v) is 4.84. The molecule has 19 heavy (non-hydrogen) atoms. The van der Waals surface area contributed by atoms with Crippen LogP contribution in [0.25, 0.3) is 0 Å². The molecular formula is C12H17NO4S2. The van der Waals surface area contributed by atoms with E-state index in [9.17, 15) is 13.2 Å². The highest BCUT2D eigenvalue weighted by Crippen LogP contribution is 2.31. The molecule has 1 aromatic heterocycles. The third-order valence-corrected chi connectivity index (χ3v) is 6.81. The van der Waals surface area contributed by atoms with Gasteiger partial charge in [-0.3, -0.25) is 0 Å². The number of aryl methyl sites for hydroxylation is 1. The van der Waals surface area contributed by atoms with E-state index in [4.69, 9.17) is 5.11 Å². The minimum absolute atomic E-state index is 0.0774. The highest BCUT2D eigenvalue weighted by atomic mass is 32.2. The molecule has 0 aromatic carbocycles. The highest BCUT2D eigenvalue weighted by molar-refractivity contribution is 7.91. The number of hydrogen-bond donors (Lipinski definition) is 2. The Kier molecular flexibility index (Phi) is 3.98. The Morgan fingerprint density at radius 1 is 1.53 bits per heavy atom. The second kappa shape index (κ2) is 5.22. The van der Waals surface area contributed by atoms with Gasteiger partial charge in [-0.15, -0.1) is 11.3 Å². The highest BCUT2D eigenvalue weighted by Gasteiger charge is 2.29. The zero-order valence-corrected chi connectivity index (χ0v) is 12.5. The van der Waals surface area contributed by atoms with Gasteiger partial charge in [0.05, 0.1) is 0 Å². The molecule has 5 nitrogen and oxygen atoms in total. The minimum Gasteiger partial charge on any atom is -0.477 e. The van der Waals surface area contributed by atoms with Crippen LogP contribution in [0.5, 0.6) is 0 Å². The van der Waals surface area contributed by atoms with Crippen LogP contribution in [0, 0.1) is 12.8 Å². The van der Waals surface area contributed by atoms with Gasteiger partial charge in [0, 0.05) is 6.04 Å². The van der Waals surface area contributed by atoms with Gasteiger partial charge in [0.1, 0.15) is 9.09 Å². The van der Waals surface area contributed by atoms with Crippen molar-refractivity contribution in [3.63, 3.8) is 0 Å². The molecule has 0 saturated heterocycles. The molecule has 1 unspecified atom stereocenters. The number of rotatable bonds is 5. The molecule has 2 rings (SSSR count). The second-order valence-corrected chi connectivity index (χ2v) is 7.98. The Bertz CT molecular complexity index is 587. The van der Waals surface area contributed by atoms with E-state index >= 15 is 0 Å². The number of carboxylic acid groups (broad SMARTS) is 1. The summed E-state index contributed by atoms with van der Waals surface area (Å²) in [5.41, 5.74) is 0.481. The largest absolute Gasteiger partial charge is 0.477 e. The first-order chi connectivity index (χ1) is 8.81. The summed E-state index contributed by atoms with van der Waals surface area (Å²) >= 11 is 0.804. The number of nitrogens with one attached hydrogen (secondary N) is 1. The zero-order chi connectivity index (χ0) is 14.2. The van der Waals surface area contributed by atoms with E-state index in [1.165, 1.54) is 6.07 Å². The van der Waals surface area contributed by atoms with Gasteiger partial charge in [0.15, 0.2) is 0 Å². The Balaban J connectivity index is 2.19. The van der Waals surface area contributed by atoms with Crippen molar-refractivity contribution >= 4 is 27.3 Å². The standard InChI is InChI=1S/C12H17NO4S2/c1-7-6-10(18-11(7)12(14)15)19(16,17)13-8(2)9-4-3-5-9/h6,8-9,13H,3-5H2,1-2H3,(H,14,15). The van der Waals surface area contributed by atoms with Crippen molar-refractivity contribution in [1.82, 2.24) is 4.72 Å². The van der Waals surface area contributed by atoms with Crippen molar-refractivity contribution in [1.29, 1.82) is 0 Å². The fourth-order valence-electron chi connectivity index (χ4n) is 2.14. The summed E-state index contributed by atoms with van der Waals surface area (Å²) in [4.78, 5) is 11.0. The summed E-state index contributed by atoms with van der Waals surface area (Å²) in [6, 6.07) is 1.32. The fraction of sp³-hybridized carbons (Fsp3) is 0.583. The molecule has 7 heteroatoms. The minimum atomic E-state index is -3.61. The van der Waals surface area contributed by atoms with Crippen LogP contribution in [-0.2, 0) is 10.0 Å². The van der Waals surface area contributed by atoms with Crippen LogP contribution in [0.15, 0.2) is 10.3 Å². The molecule has 0 amide bonds. The Labute approximate surface area is 116 Å². The second-order valence-electron chi connectivity index (χ2n) is 4.98. The Hall–Kier alpha value is -0.920. The van der Waals surface area contributed by atoms with E-state index in [0.717, 1.165) is 30.6 Å². The Morgan fingerprint density at radius 3 is 2.58 bits per heavy atom. The smallest absolute Gasteiger partial charge is 0.346 e. The maximum Gasteiger partial charge on any atom is 0.346 e. The van der Waals surface area contributed by atoms with E-state index in [1.807, 2.05) is 6.92 Å². The van der Waals surface area contributed by atoms with Gasteiger partial charge in [0.25, 0.3) is 0 Å². The predicted molar refractivity (Wildman–Crippen MR) is 73.1 cm³/mol. The SMILES string of the molecule is Cc1cc(S(=O)(=O)NC(C)C2CCC2)sc1C(=O)O. The van der Waals surface area contributed by atoms with Gasteiger partial charge in [-0.25, -0.2) is 17.9 Å². The van der Waals surface area contributed by atoms with Crippen LogP contribution in [-0.4, -0.2) is 25.5 Å². The number of carboxylic acids is 1. The van der Waals surface area contributed by atoms with Crippen molar-refractivity contribution in [3.05, 3.63) is 16.5 Å². The van der Waals surface area contributed by atoms with Crippen LogP contribution < -0.4 is 4.72 Å². The summed E-state index contributed by atoms with van der Waals surface area (Å²) in [6.07, 6.45) is 3.25. The number of aromatic carboxylic acids is 1. The molecule has 1 aliphatic rings. The lowest BCUT2D eigenvalue weighted by Crippen LogP contribution is -2.40. The molecule has 2 N–H and O–H groups in total. The summed E-state index contributed by atoms with van der Waals surface area (Å²) in [7, 11) is -3.61. The molecule has 1 atom stereocenters. The molecule has 0 spiro atoms. The lowest BCUT2D eigenvalue weighted by molar-refractivity contribution is 0.0701. The first kappa shape index (κ1) is 14.5. The van der Waals surface area contributed by atoms with E-state index in [1.54, 1.807) is 6.92 Å². The number of carbonyl (C=O) groups is 1. The van der Waals surface area contributed by atoms with Crippen molar-refractivity contribution in [2.24, 2.45) is 5.92 Å². The molecule has 1 saturated carbocycles. The number of thiophene rings is 1. The van der Waals surface area contributed by atoms with Gasteiger partial charge >= 0.3 is 5.97 Å². The molecule has 1 heterocycles. The summed E-state index contributed by atoms with van der Waals surface area (Å²) in [5, 5.41) is 8.96. The van der Waals surface area contributed by atoms with Crippen molar-refractivity contribution in [3.8, 4) is 0 Å². The molecule has 0 bridgehead atoms. The molecule has 0 aliphatic heterocycles. The van der Waals surface area contributed by atoms with E-state index in [-0.39, 0.29) is 15.1 Å². The van der Waals surface area contributed by atoms with Gasteiger partial charge < -0.3 is 5.11 Å². The first-order valence-electron chi connectivity index (χ1n) is 6.17. The van der Waals surface area contributed by atoms with E-state index in [2.05, 4.69) is 4.72 Å². The van der Waals surface area contributed by atoms with Gasteiger partial charge in [0.2, 0.25) is 10.0 Å². The summed E-state index contributed by atoms with van der Waals surface area (Å²) < 4.78 is 27.1. The summed E-state index contributed by atoms with van der Waals surface area (Å²) in [5.74, 6) is -0.689. The lowest BCUT2D eigenvalue weighted by atomic mass is 9.81. The molecule has 1 aliphatic carbocycles. The van der Waals surface area contributed by atoms with Gasteiger partial charge in [-0.05, 0) is 44.2 Å². The normalized spacial score (nSPS) is 18.0. The van der Waals surface area contributed by atoms with Gasteiger partial charge in [-0.1, -0.05) is 6.42 Å².